The predicted molar refractivity (Wildman–Crippen MR) is 95.6 cm³/mol. The molecule has 1 aliphatic carbocycles. The smallest absolute Gasteiger partial charge is 0.163 e. The second-order valence-electron chi connectivity index (χ2n) is 5.62. The van der Waals surface area contributed by atoms with Crippen molar-refractivity contribution in [2.75, 3.05) is 12.4 Å². The lowest BCUT2D eigenvalue weighted by Crippen LogP contribution is -2.11. The van der Waals surface area contributed by atoms with Crippen LogP contribution in [-0.4, -0.2) is 13.2 Å². The number of benzene rings is 2. The molecule has 2 aromatic rings. The second kappa shape index (κ2) is 7.33. The first-order valence-corrected chi connectivity index (χ1v) is 8.48. The number of rotatable bonds is 5. The monoisotopic (exact) mass is 351 g/mol. The maximum atomic E-state index is 6.23. The topological polar surface area (TPSA) is 30.5 Å². The van der Waals surface area contributed by atoms with Gasteiger partial charge in [-0.25, -0.2) is 0 Å². The Bertz CT molecular complexity index is 685. The normalized spacial score (nSPS) is 14.7. The SMILES string of the molecule is COc1ccc(Nc2cccc(Cl)c2Cl)cc1OC1CCCC1. The van der Waals surface area contributed by atoms with E-state index in [2.05, 4.69) is 5.32 Å². The van der Waals surface area contributed by atoms with E-state index in [0.29, 0.717) is 10.0 Å². The van der Waals surface area contributed by atoms with E-state index in [1.807, 2.05) is 30.3 Å². The lowest BCUT2D eigenvalue weighted by molar-refractivity contribution is 0.201. The van der Waals surface area contributed by atoms with Gasteiger partial charge in [0.05, 0.1) is 28.9 Å². The summed E-state index contributed by atoms with van der Waals surface area (Å²) in [5.41, 5.74) is 1.64. The molecule has 0 heterocycles. The highest BCUT2D eigenvalue weighted by Crippen LogP contribution is 2.36. The highest BCUT2D eigenvalue weighted by Gasteiger charge is 2.18. The fourth-order valence-corrected chi connectivity index (χ4v) is 3.14. The first-order chi connectivity index (χ1) is 11.2. The number of anilines is 2. The Kier molecular flexibility index (Phi) is 5.19. The summed E-state index contributed by atoms with van der Waals surface area (Å²) in [6, 6.07) is 11.3. The van der Waals surface area contributed by atoms with E-state index in [1.54, 1.807) is 13.2 Å². The largest absolute Gasteiger partial charge is 0.493 e. The molecule has 5 heteroatoms. The summed E-state index contributed by atoms with van der Waals surface area (Å²) in [5, 5.41) is 4.30. The Balaban J connectivity index is 1.83. The minimum Gasteiger partial charge on any atom is -0.493 e. The minimum atomic E-state index is 0.272. The van der Waals surface area contributed by atoms with Crippen LogP contribution in [0.5, 0.6) is 11.5 Å². The molecule has 1 saturated carbocycles. The van der Waals surface area contributed by atoms with E-state index in [1.165, 1.54) is 12.8 Å². The highest BCUT2D eigenvalue weighted by atomic mass is 35.5. The molecule has 0 saturated heterocycles. The van der Waals surface area contributed by atoms with E-state index in [-0.39, 0.29) is 6.10 Å². The zero-order valence-electron chi connectivity index (χ0n) is 12.9. The molecule has 0 spiro atoms. The zero-order chi connectivity index (χ0) is 16.2. The van der Waals surface area contributed by atoms with Crippen LogP contribution in [0.4, 0.5) is 11.4 Å². The van der Waals surface area contributed by atoms with Gasteiger partial charge in [0.15, 0.2) is 11.5 Å². The summed E-state index contributed by atoms with van der Waals surface area (Å²) in [6.45, 7) is 0. The quantitative estimate of drug-likeness (QED) is 0.709. The van der Waals surface area contributed by atoms with Gasteiger partial charge >= 0.3 is 0 Å². The third kappa shape index (κ3) is 3.85. The van der Waals surface area contributed by atoms with Crippen molar-refractivity contribution in [3.8, 4) is 11.5 Å². The summed E-state index contributed by atoms with van der Waals surface area (Å²) >= 11 is 12.3. The van der Waals surface area contributed by atoms with Crippen LogP contribution < -0.4 is 14.8 Å². The van der Waals surface area contributed by atoms with Crippen molar-refractivity contribution in [3.05, 3.63) is 46.4 Å². The molecule has 0 atom stereocenters. The fraction of sp³-hybridized carbons (Fsp3) is 0.333. The van der Waals surface area contributed by atoms with Crippen molar-refractivity contribution >= 4 is 34.6 Å². The van der Waals surface area contributed by atoms with Crippen LogP contribution in [0.2, 0.25) is 10.0 Å². The zero-order valence-corrected chi connectivity index (χ0v) is 14.5. The standard InChI is InChI=1S/C18H19Cl2NO2/c1-22-16-10-9-12(11-17(16)23-13-5-2-3-6-13)21-15-8-4-7-14(19)18(15)20/h4,7-11,13,21H,2-3,5-6H2,1H3. The minimum absolute atomic E-state index is 0.272. The predicted octanol–water partition coefficient (Wildman–Crippen LogP) is 6.07. The van der Waals surface area contributed by atoms with E-state index in [4.69, 9.17) is 32.7 Å². The van der Waals surface area contributed by atoms with Crippen LogP contribution in [0.3, 0.4) is 0 Å². The molecule has 1 aliphatic rings. The molecule has 0 bridgehead atoms. The van der Waals surface area contributed by atoms with Gasteiger partial charge in [-0.05, 0) is 49.9 Å². The molecular weight excluding hydrogens is 333 g/mol. The maximum absolute atomic E-state index is 6.23. The van der Waals surface area contributed by atoms with Crippen molar-refractivity contribution in [2.24, 2.45) is 0 Å². The molecule has 0 unspecified atom stereocenters. The van der Waals surface area contributed by atoms with E-state index in [9.17, 15) is 0 Å². The Labute approximate surface area is 146 Å². The van der Waals surface area contributed by atoms with Crippen LogP contribution in [0.1, 0.15) is 25.7 Å². The molecule has 2 aromatic carbocycles. The molecule has 1 N–H and O–H groups in total. The Morgan fingerprint density at radius 3 is 2.57 bits per heavy atom. The van der Waals surface area contributed by atoms with E-state index in [0.717, 1.165) is 35.7 Å². The fourth-order valence-electron chi connectivity index (χ4n) is 2.79. The number of halogens is 2. The first-order valence-electron chi connectivity index (χ1n) is 7.73. The van der Waals surface area contributed by atoms with Gasteiger partial charge in [0.1, 0.15) is 0 Å². The number of hydrogen-bond donors (Lipinski definition) is 1. The van der Waals surface area contributed by atoms with Gasteiger partial charge in [-0.15, -0.1) is 0 Å². The lowest BCUT2D eigenvalue weighted by atomic mass is 10.2. The molecule has 0 amide bonds. The Hall–Kier alpha value is -1.58. The first kappa shape index (κ1) is 16.3. The Morgan fingerprint density at radius 1 is 1.04 bits per heavy atom. The highest BCUT2D eigenvalue weighted by molar-refractivity contribution is 6.43. The van der Waals surface area contributed by atoms with Crippen LogP contribution in [-0.2, 0) is 0 Å². The molecule has 3 rings (SSSR count). The van der Waals surface area contributed by atoms with Crippen molar-refractivity contribution in [1.82, 2.24) is 0 Å². The van der Waals surface area contributed by atoms with Crippen molar-refractivity contribution in [1.29, 1.82) is 0 Å². The van der Waals surface area contributed by atoms with Gasteiger partial charge in [-0.1, -0.05) is 29.3 Å². The number of methoxy groups -OCH3 is 1. The molecule has 23 heavy (non-hydrogen) atoms. The molecule has 1 fully saturated rings. The Morgan fingerprint density at radius 2 is 1.83 bits per heavy atom. The van der Waals surface area contributed by atoms with Gasteiger partial charge in [0, 0.05) is 11.8 Å². The number of ether oxygens (including phenoxy) is 2. The van der Waals surface area contributed by atoms with Gasteiger partial charge in [-0.3, -0.25) is 0 Å². The number of hydrogen-bond acceptors (Lipinski definition) is 3. The summed E-state index contributed by atoms with van der Waals surface area (Å²) in [5.74, 6) is 1.49. The summed E-state index contributed by atoms with van der Waals surface area (Å²) < 4.78 is 11.5. The van der Waals surface area contributed by atoms with Crippen molar-refractivity contribution in [3.63, 3.8) is 0 Å². The van der Waals surface area contributed by atoms with Gasteiger partial charge < -0.3 is 14.8 Å². The lowest BCUT2D eigenvalue weighted by Gasteiger charge is -2.17. The van der Waals surface area contributed by atoms with Gasteiger partial charge in [-0.2, -0.15) is 0 Å². The number of nitrogens with one attached hydrogen (secondary N) is 1. The maximum Gasteiger partial charge on any atom is 0.163 e. The van der Waals surface area contributed by atoms with E-state index < -0.39 is 0 Å². The summed E-state index contributed by atoms with van der Waals surface area (Å²) in [4.78, 5) is 0. The average Bonchev–Trinajstić information content (AvgIpc) is 3.05. The summed E-state index contributed by atoms with van der Waals surface area (Å²) in [6.07, 6.45) is 4.92. The van der Waals surface area contributed by atoms with Crippen LogP contribution >= 0.6 is 23.2 Å². The third-order valence-corrected chi connectivity index (χ3v) is 4.81. The molecule has 0 radical (unpaired) electrons. The van der Waals surface area contributed by atoms with Crippen LogP contribution in [0.15, 0.2) is 36.4 Å². The van der Waals surface area contributed by atoms with Crippen LogP contribution in [0, 0.1) is 0 Å². The molecule has 0 aliphatic heterocycles. The molecule has 122 valence electrons. The van der Waals surface area contributed by atoms with Crippen molar-refractivity contribution in [2.45, 2.75) is 31.8 Å². The summed E-state index contributed by atoms with van der Waals surface area (Å²) in [7, 11) is 1.65. The second-order valence-corrected chi connectivity index (χ2v) is 6.40. The molecule has 0 aromatic heterocycles. The van der Waals surface area contributed by atoms with Gasteiger partial charge in [0.2, 0.25) is 0 Å². The average molecular weight is 352 g/mol. The van der Waals surface area contributed by atoms with Crippen LogP contribution in [0.25, 0.3) is 0 Å². The van der Waals surface area contributed by atoms with Gasteiger partial charge in [0.25, 0.3) is 0 Å². The molecule has 3 nitrogen and oxygen atoms in total. The van der Waals surface area contributed by atoms with Crippen molar-refractivity contribution < 1.29 is 9.47 Å². The third-order valence-electron chi connectivity index (χ3n) is 3.99. The molecular formula is C18H19Cl2NO2. The van der Waals surface area contributed by atoms with E-state index >= 15 is 0 Å².